The smallest absolute Gasteiger partial charge is 0.162 e. The highest BCUT2D eigenvalue weighted by Gasteiger charge is 2.10. The van der Waals surface area contributed by atoms with E-state index in [4.69, 9.17) is 5.11 Å². The summed E-state index contributed by atoms with van der Waals surface area (Å²) in [5, 5.41) is 8.58. The molecule has 0 saturated heterocycles. The van der Waals surface area contributed by atoms with Crippen LogP contribution in [0.3, 0.4) is 0 Å². The minimum absolute atomic E-state index is 0.715. The average Bonchev–Trinajstić information content (AvgIpc) is 2.03. The number of nitrogens with zero attached hydrogens (tertiary/aromatic N) is 1. The van der Waals surface area contributed by atoms with Crippen molar-refractivity contribution >= 4 is 5.69 Å². The molecule has 0 fully saturated rings. The summed E-state index contributed by atoms with van der Waals surface area (Å²) in [6, 6.07) is 7.66. The van der Waals surface area contributed by atoms with E-state index in [1.807, 2.05) is 24.3 Å². The van der Waals surface area contributed by atoms with Crippen molar-refractivity contribution in [2.75, 3.05) is 21.1 Å². The molecule has 1 rings (SSSR count). The van der Waals surface area contributed by atoms with Gasteiger partial charge in [-0.05, 0) is 29.8 Å². The number of benzene rings is 1. The molecule has 0 saturated carbocycles. The van der Waals surface area contributed by atoms with E-state index in [2.05, 4.69) is 27.7 Å². The lowest BCUT2D eigenvalue weighted by molar-refractivity contribution is 0.414. The van der Waals surface area contributed by atoms with Crippen LogP contribution in [-0.2, 0) is 0 Å². The monoisotopic (exact) mass is 164 g/mol. The van der Waals surface area contributed by atoms with Crippen molar-refractivity contribution in [2.45, 2.75) is 0 Å². The quantitative estimate of drug-likeness (QED) is 0.659. The van der Waals surface area contributed by atoms with Gasteiger partial charge in [0.1, 0.15) is 5.69 Å². The third-order valence-corrected chi connectivity index (χ3v) is 1.77. The fraction of sp³-hybridized carbons (Fsp3) is 0.300. The minimum Gasteiger partial charge on any atom is -0.378 e. The van der Waals surface area contributed by atoms with Gasteiger partial charge in [-0.2, -0.15) is 0 Å². The first-order valence-corrected chi connectivity index (χ1v) is 3.86. The van der Waals surface area contributed by atoms with Crippen molar-refractivity contribution < 1.29 is 5.11 Å². The van der Waals surface area contributed by atoms with Gasteiger partial charge in [-0.3, -0.25) is 4.48 Å². The van der Waals surface area contributed by atoms with Crippen LogP contribution in [0.15, 0.2) is 24.3 Å². The Labute approximate surface area is 73.7 Å². The van der Waals surface area contributed by atoms with E-state index in [0.29, 0.717) is 5.56 Å². The summed E-state index contributed by atoms with van der Waals surface area (Å²) >= 11 is 0. The summed E-state index contributed by atoms with van der Waals surface area (Å²) in [7, 11) is 6.30. The second-order valence-electron chi connectivity index (χ2n) is 3.67. The highest BCUT2D eigenvalue weighted by Crippen LogP contribution is 2.17. The van der Waals surface area contributed by atoms with Gasteiger partial charge in [-0.1, -0.05) is 0 Å². The van der Waals surface area contributed by atoms with Crippen molar-refractivity contribution in [1.82, 2.24) is 4.48 Å². The van der Waals surface area contributed by atoms with E-state index in [0.717, 1.165) is 4.48 Å². The fourth-order valence-electron chi connectivity index (χ4n) is 0.983. The minimum atomic E-state index is 0.715. The summed E-state index contributed by atoms with van der Waals surface area (Å²) in [6.07, 6.45) is 0. The lowest BCUT2D eigenvalue weighted by Crippen LogP contribution is -2.34. The molecule has 0 heterocycles. The summed E-state index contributed by atoms with van der Waals surface area (Å²) < 4.78 is 0.783. The van der Waals surface area contributed by atoms with Gasteiger partial charge >= 0.3 is 0 Å². The molecule has 0 bridgehead atoms. The average molecular weight is 164 g/mol. The van der Waals surface area contributed by atoms with Crippen molar-refractivity contribution in [3.05, 3.63) is 36.4 Å². The first-order valence-electron chi connectivity index (χ1n) is 3.86. The van der Waals surface area contributed by atoms with E-state index in [9.17, 15) is 0 Å². The lowest BCUT2D eigenvalue weighted by atomic mass is 10.2. The second kappa shape index (κ2) is 3.25. The zero-order chi connectivity index (χ0) is 9.19. The van der Waals surface area contributed by atoms with Crippen LogP contribution < -0.4 is 4.48 Å². The summed E-state index contributed by atoms with van der Waals surface area (Å²) in [5.41, 5.74) is 1.92. The Bertz CT molecular complexity index is 246. The third-order valence-electron chi connectivity index (χ3n) is 1.77. The molecular formula is C10H14NO+. The van der Waals surface area contributed by atoms with Gasteiger partial charge in [-0.25, -0.2) is 0 Å². The molecule has 1 N–H and O–H groups in total. The molecule has 0 aliphatic rings. The Morgan fingerprint density at radius 2 is 1.58 bits per heavy atom. The molecule has 1 aromatic rings. The molecule has 12 heavy (non-hydrogen) atoms. The molecule has 0 aromatic heterocycles. The number of quaternary nitrogens is 1. The number of hydrogen-bond donors (Lipinski definition) is 1. The second-order valence-corrected chi connectivity index (χ2v) is 3.67. The molecule has 1 aromatic carbocycles. The van der Waals surface area contributed by atoms with Crippen molar-refractivity contribution in [1.29, 1.82) is 0 Å². The van der Waals surface area contributed by atoms with Gasteiger partial charge in [0, 0.05) is 0 Å². The molecular weight excluding hydrogens is 150 g/mol. The highest BCUT2D eigenvalue weighted by molar-refractivity contribution is 5.43. The highest BCUT2D eigenvalue weighted by atomic mass is 16.3. The van der Waals surface area contributed by atoms with E-state index < -0.39 is 0 Å². The maximum absolute atomic E-state index is 8.58. The van der Waals surface area contributed by atoms with E-state index in [1.54, 1.807) is 0 Å². The molecule has 2 nitrogen and oxygen atoms in total. The maximum atomic E-state index is 8.58. The zero-order valence-electron chi connectivity index (χ0n) is 7.70. The number of aliphatic hydroxyl groups excluding tert-OH is 1. The van der Waals surface area contributed by atoms with Crippen LogP contribution in [0.4, 0.5) is 5.69 Å². The van der Waals surface area contributed by atoms with Gasteiger partial charge in [0.2, 0.25) is 0 Å². The Hall–Kier alpha value is -0.860. The zero-order valence-corrected chi connectivity index (χ0v) is 7.70. The molecule has 64 valence electrons. The number of aliphatic hydroxyl groups is 1. The van der Waals surface area contributed by atoms with Crippen molar-refractivity contribution in [2.24, 2.45) is 0 Å². The van der Waals surface area contributed by atoms with Crippen LogP contribution in [0.2, 0.25) is 0 Å². The van der Waals surface area contributed by atoms with Crippen molar-refractivity contribution in [3.8, 4) is 0 Å². The first-order chi connectivity index (χ1) is 5.54. The van der Waals surface area contributed by atoms with Crippen LogP contribution in [0.25, 0.3) is 0 Å². The Kier molecular flexibility index (Phi) is 2.50. The van der Waals surface area contributed by atoms with Gasteiger partial charge in [-0.15, -0.1) is 0 Å². The topological polar surface area (TPSA) is 20.2 Å². The molecule has 0 spiro atoms. The third kappa shape index (κ3) is 2.06. The normalized spacial score (nSPS) is 11.7. The molecule has 0 aliphatic heterocycles. The predicted octanol–water partition coefficient (Wildman–Crippen LogP) is 1.64. The van der Waals surface area contributed by atoms with Crippen LogP contribution >= 0.6 is 0 Å². The Morgan fingerprint density at radius 1 is 1.08 bits per heavy atom. The van der Waals surface area contributed by atoms with Crippen LogP contribution in [0, 0.1) is 6.61 Å². The molecule has 0 unspecified atom stereocenters. The SMILES string of the molecule is C[N+](C)(C)c1ccc([C]O)cc1. The fourth-order valence-corrected chi connectivity index (χ4v) is 0.983. The lowest BCUT2D eigenvalue weighted by Gasteiger charge is -2.23. The van der Waals surface area contributed by atoms with E-state index in [1.165, 1.54) is 5.69 Å². The van der Waals surface area contributed by atoms with Crippen LogP contribution in [0.1, 0.15) is 5.56 Å². The van der Waals surface area contributed by atoms with E-state index in [-0.39, 0.29) is 0 Å². The van der Waals surface area contributed by atoms with Gasteiger partial charge in [0.15, 0.2) is 6.61 Å². The molecule has 2 heteroatoms. The number of hydrogen-bond acceptors (Lipinski definition) is 1. The summed E-state index contributed by atoms with van der Waals surface area (Å²) in [5.74, 6) is 0. The molecule has 2 radical (unpaired) electrons. The van der Waals surface area contributed by atoms with Crippen LogP contribution in [-0.4, -0.2) is 26.2 Å². The Morgan fingerprint density at radius 3 is 1.92 bits per heavy atom. The largest absolute Gasteiger partial charge is 0.378 e. The maximum Gasteiger partial charge on any atom is 0.162 e. The molecule has 0 aliphatic carbocycles. The predicted molar refractivity (Wildman–Crippen MR) is 50.3 cm³/mol. The summed E-state index contributed by atoms with van der Waals surface area (Å²) in [6.45, 7) is 2.10. The van der Waals surface area contributed by atoms with E-state index >= 15 is 0 Å². The first kappa shape index (κ1) is 9.23. The number of rotatable bonds is 2. The van der Waals surface area contributed by atoms with Gasteiger partial charge in [0.25, 0.3) is 0 Å². The van der Waals surface area contributed by atoms with Gasteiger partial charge in [0.05, 0.1) is 21.1 Å². The summed E-state index contributed by atoms with van der Waals surface area (Å²) in [4.78, 5) is 0. The standard InChI is InChI=1S/C10H14NO/c1-11(2,3)10-6-4-9(8-12)5-7-10/h4-7,12H,1-3H3/q+1. The van der Waals surface area contributed by atoms with Crippen molar-refractivity contribution in [3.63, 3.8) is 0 Å². The molecule has 0 atom stereocenters. The molecule has 0 amide bonds. The van der Waals surface area contributed by atoms with Crippen LogP contribution in [0.5, 0.6) is 0 Å². The van der Waals surface area contributed by atoms with Gasteiger partial charge < -0.3 is 5.11 Å². The Balaban J connectivity index is 2.93.